The molecule has 0 saturated heterocycles. The molecule has 0 atom stereocenters. The third-order valence-electron chi connectivity index (χ3n) is 8.89. The zero-order valence-electron chi connectivity index (χ0n) is 37.7. The molecule has 7 aromatic rings. The number of nitrogens with one attached hydrogen (secondary N) is 2. The largest absolute Gasteiger partial charge is 1.00 e. The Morgan fingerprint density at radius 1 is 0.542 bits per heavy atom. The van der Waals surface area contributed by atoms with E-state index in [9.17, 15) is 57.0 Å². The Balaban J connectivity index is 0.00000342. The quantitative estimate of drug-likeness (QED) is 0.0494. The van der Waals surface area contributed by atoms with Crippen LogP contribution in [0.15, 0.2) is 159 Å². The second-order valence-corrected chi connectivity index (χ2v) is 19.3. The topological polar surface area (TPSA) is 395 Å². The molecular weight excluding hydrogens is 1090 g/mol. The van der Waals surface area contributed by atoms with Gasteiger partial charge in [-0.1, -0.05) is 11.8 Å². The molecule has 0 bridgehead atoms. The summed E-state index contributed by atoms with van der Waals surface area (Å²) < 4.78 is 144. The molecule has 0 aliphatic rings. The average molecular weight is 1110 g/mol. The van der Waals surface area contributed by atoms with E-state index in [0.717, 1.165) is 42.5 Å². The average Bonchev–Trinajstić information content (AvgIpc) is 3.26. The van der Waals surface area contributed by atoms with Gasteiger partial charge in [-0.2, -0.15) is 38.7 Å². The number of methoxy groups -OCH3 is 1. The fourth-order valence-corrected chi connectivity index (χ4v) is 8.18. The molecule has 0 unspecified atom stereocenters. The molecule has 6 aromatic carbocycles. The van der Waals surface area contributed by atoms with Crippen molar-refractivity contribution in [3.8, 4) is 11.5 Å². The van der Waals surface area contributed by atoms with E-state index in [2.05, 4.69) is 56.3 Å². The molecule has 0 aliphatic carbocycles. The Bertz CT molecular complexity index is 3720. The Morgan fingerprint density at radius 2 is 1.03 bits per heavy atom. The predicted molar refractivity (Wildman–Crippen MR) is 233 cm³/mol. The molecule has 0 aliphatic heterocycles. The van der Waals surface area contributed by atoms with Crippen molar-refractivity contribution >= 4 is 120 Å². The fraction of sp³-hybridized carbons (Fsp3) is 0.0263. The van der Waals surface area contributed by atoms with Gasteiger partial charge >= 0.3 is 118 Å². The Kier molecular flexibility index (Phi) is 22.5. The van der Waals surface area contributed by atoms with E-state index in [0.29, 0.717) is 0 Å². The van der Waals surface area contributed by atoms with Crippen LogP contribution in [-0.2, 0) is 40.5 Å². The summed E-state index contributed by atoms with van der Waals surface area (Å²) in [5.41, 5.74) is -0.730. The summed E-state index contributed by atoms with van der Waals surface area (Å²) >= 11 is 6.08. The summed E-state index contributed by atoms with van der Waals surface area (Å²) in [5.74, 6) is -1.21. The molecule has 1 aromatic heterocycles. The van der Waals surface area contributed by atoms with Gasteiger partial charge in [-0.15, -0.1) is 15.3 Å². The number of benzene rings is 6. The predicted octanol–water partition coefficient (Wildman–Crippen LogP) is -4.53. The number of halogens is 1. The van der Waals surface area contributed by atoms with Crippen LogP contribution < -0.4 is 139 Å². The molecule has 1 heterocycles. The van der Waals surface area contributed by atoms with Crippen LogP contribution in [0.5, 0.6) is 11.5 Å². The van der Waals surface area contributed by atoms with Crippen molar-refractivity contribution in [2.75, 3.05) is 17.7 Å². The monoisotopic (exact) mass is 1110 g/mol. The molecule has 7 rings (SSSR count). The van der Waals surface area contributed by atoms with Crippen LogP contribution >= 0.6 is 11.6 Å². The summed E-state index contributed by atoms with van der Waals surface area (Å²) in [6.45, 7) is 0. The third-order valence-corrected chi connectivity index (χ3v) is 12.5. The molecule has 3 N–H and O–H groups in total. The van der Waals surface area contributed by atoms with E-state index in [1.807, 2.05) is 0 Å². The van der Waals surface area contributed by atoms with Crippen molar-refractivity contribution in [1.82, 2.24) is 15.0 Å². The van der Waals surface area contributed by atoms with Crippen molar-refractivity contribution in [2.45, 2.75) is 19.6 Å². The summed E-state index contributed by atoms with van der Waals surface area (Å²) in [6, 6.07) is 21.2. The van der Waals surface area contributed by atoms with Crippen LogP contribution in [0.25, 0.3) is 10.8 Å². The number of hydrogen-bond donors (Lipinski definition) is 3. The minimum Gasteiger partial charge on any atom is -0.871 e. The van der Waals surface area contributed by atoms with Gasteiger partial charge in [0.05, 0.1) is 44.5 Å². The number of rotatable bonds is 15. The summed E-state index contributed by atoms with van der Waals surface area (Å²) in [5, 5.41) is 42.3. The fourth-order valence-electron chi connectivity index (χ4n) is 5.80. The second kappa shape index (κ2) is 25.8. The van der Waals surface area contributed by atoms with Gasteiger partial charge in [0, 0.05) is 17.4 Å². The summed E-state index contributed by atoms with van der Waals surface area (Å²) in [4.78, 5) is 9.42. The minimum absolute atomic E-state index is 0. The second-order valence-electron chi connectivity index (χ2n) is 13.5. The van der Waals surface area contributed by atoms with Gasteiger partial charge in [0.1, 0.15) is 52.4 Å². The minimum atomic E-state index is -5.17. The van der Waals surface area contributed by atoms with Crippen molar-refractivity contribution < 1.29 is 180 Å². The van der Waals surface area contributed by atoms with E-state index < -0.39 is 77.2 Å². The van der Waals surface area contributed by atoms with Crippen LogP contribution in [0.2, 0.25) is 5.28 Å². The first-order valence-corrected chi connectivity index (χ1v) is 24.3. The summed E-state index contributed by atoms with van der Waals surface area (Å²) in [6.07, 6.45) is 0. The van der Waals surface area contributed by atoms with E-state index in [1.54, 1.807) is 0 Å². The van der Waals surface area contributed by atoms with Crippen LogP contribution in [0.4, 0.5) is 57.4 Å². The van der Waals surface area contributed by atoms with Gasteiger partial charge in [0.15, 0.2) is 0 Å². The molecule has 0 spiro atoms. The number of ether oxygens (including phenoxy) is 1. The number of fused-ring (bicyclic) bond motifs is 1. The molecule has 0 radical (unpaired) electrons. The van der Waals surface area contributed by atoms with Gasteiger partial charge in [-0.05, 0) is 119 Å². The Hall–Kier alpha value is -3.48. The van der Waals surface area contributed by atoms with E-state index in [4.69, 9.17) is 16.3 Å². The number of nitrogens with zero attached hydrogens (tertiary/aromatic N) is 9. The van der Waals surface area contributed by atoms with Gasteiger partial charge < -0.3 is 34.1 Å². The van der Waals surface area contributed by atoms with Crippen molar-refractivity contribution in [2.24, 2.45) is 30.7 Å². The van der Waals surface area contributed by atoms with Crippen LogP contribution in [-0.4, -0.2) is 73.9 Å². The number of hydrogen-bond acceptors (Lipinski definition) is 24. The maximum Gasteiger partial charge on any atom is 1.00 e. The van der Waals surface area contributed by atoms with Gasteiger partial charge in [0.2, 0.25) is 17.2 Å². The standard InChI is InChI=1S/C38H28ClN11O14S4.4Na/c1-64-31-18-24(7-14-29(31)48-49-30-15-8-25(19-32(30)67(58,59)60)46-45-22-4-11-27(12-5-22)66(55,56)57)47-50-34-33(68(61,62)63)17-20-16-23(6-13-28(20)35(34)51)41-38-43-36(39)42-37(44-38)40-21-2-9-26(10-3-21)65(52,53)54;;;;/h2-19,51H,1H3,(H,52,53,54)(H,55,56,57)(H,58,59,60)(H,61,62,63)(H2,40,41,42,43,44);;;;/q;4*+1/p-4. The molecule has 0 amide bonds. The molecular formula is C38H24ClN11Na4O14S4. The van der Waals surface area contributed by atoms with Crippen LogP contribution in [0.1, 0.15) is 0 Å². The first-order chi connectivity index (χ1) is 31.9. The van der Waals surface area contributed by atoms with E-state index in [-0.39, 0.29) is 186 Å². The number of anilines is 4. The van der Waals surface area contributed by atoms with Crippen molar-refractivity contribution in [3.63, 3.8) is 0 Å². The van der Waals surface area contributed by atoms with Gasteiger partial charge in [-0.25, -0.2) is 25.3 Å². The molecule has 34 heteroatoms. The van der Waals surface area contributed by atoms with E-state index >= 15 is 0 Å². The first-order valence-electron chi connectivity index (χ1n) is 18.3. The molecule has 0 fully saturated rings. The molecule has 350 valence electrons. The van der Waals surface area contributed by atoms with Crippen LogP contribution in [0, 0.1) is 0 Å². The van der Waals surface area contributed by atoms with E-state index in [1.165, 1.54) is 73.8 Å². The number of aromatic nitrogens is 3. The summed E-state index contributed by atoms with van der Waals surface area (Å²) in [7, 11) is -18.4. The number of azo groups is 3. The smallest absolute Gasteiger partial charge is 0.871 e. The zero-order valence-corrected chi connectivity index (χ0v) is 49.7. The molecule has 25 nitrogen and oxygen atoms in total. The van der Waals surface area contributed by atoms with Crippen molar-refractivity contribution in [3.05, 3.63) is 114 Å². The maximum atomic E-state index is 13.7. The SMILES string of the molecule is COc1cc(N=Nc2c(S(=O)(=O)O)cc3cc(Nc4nc(Cl)nc(Nc5ccc(S(=O)(=O)[O-])cc5)n4)ccc3c2[O-])ccc1N=Nc1ccc(N=Nc2ccc(S(=O)(=O)[O-])cc2)cc1S(=O)(=O)[O-].[Na+].[Na+].[Na+].[Na+]. The molecule has 0 saturated carbocycles. The zero-order chi connectivity index (χ0) is 49.2. The Morgan fingerprint density at radius 3 is 1.58 bits per heavy atom. The van der Waals surface area contributed by atoms with Gasteiger partial charge in [0.25, 0.3) is 10.1 Å². The van der Waals surface area contributed by atoms with Crippen molar-refractivity contribution in [1.29, 1.82) is 0 Å². The first kappa shape index (κ1) is 62.8. The van der Waals surface area contributed by atoms with Crippen LogP contribution in [0.3, 0.4) is 0 Å². The maximum absolute atomic E-state index is 13.7. The normalized spacial score (nSPS) is 11.9. The molecule has 72 heavy (non-hydrogen) atoms. The third kappa shape index (κ3) is 16.3. The van der Waals surface area contributed by atoms with Gasteiger partial charge in [-0.3, -0.25) is 4.55 Å². The Labute approximate surface area is 502 Å².